The molecule has 1 heterocycles. The minimum atomic E-state index is -1.18. The molecular weight excluding hydrogens is 268 g/mol. The molecule has 6 heteroatoms. The van der Waals surface area contributed by atoms with Gasteiger partial charge in [0.2, 0.25) is 0 Å². The third-order valence-electron chi connectivity index (χ3n) is 2.32. The van der Waals surface area contributed by atoms with E-state index in [0.717, 1.165) is 0 Å². The molecule has 0 unspecified atom stereocenters. The van der Waals surface area contributed by atoms with Crippen LogP contribution in [0, 0.1) is 0 Å². The first kappa shape index (κ1) is 13.0. The second-order valence-corrected chi connectivity index (χ2v) is 4.14. The van der Waals surface area contributed by atoms with Crippen LogP contribution in [0.4, 0.5) is 5.69 Å². The highest BCUT2D eigenvalue weighted by molar-refractivity contribution is 6.30. The molecule has 5 nitrogen and oxygen atoms in total. The Bertz CT molecular complexity index is 643. The van der Waals surface area contributed by atoms with E-state index in [1.807, 2.05) is 0 Å². The molecule has 2 rings (SSSR count). The Labute approximate surface area is 113 Å². The number of aromatic nitrogens is 1. The van der Waals surface area contributed by atoms with E-state index in [4.69, 9.17) is 16.7 Å². The Morgan fingerprint density at radius 2 is 2.00 bits per heavy atom. The van der Waals surface area contributed by atoms with Crippen molar-refractivity contribution in [3.63, 3.8) is 0 Å². The van der Waals surface area contributed by atoms with Crippen molar-refractivity contribution < 1.29 is 14.7 Å². The molecule has 0 aliphatic rings. The average Bonchev–Trinajstić information content (AvgIpc) is 2.39. The summed E-state index contributed by atoms with van der Waals surface area (Å²) in [5.74, 6) is -1.61. The van der Waals surface area contributed by atoms with Crippen molar-refractivity contribution in [2.75, 3.05) is 5.32 Å². The smallest absolute Gasteiger partial charge is 0.354 e. The van der Waals surface area contributed by atoms with Crippen LogP contribution in [0.15, 0.2) is 42.6 Å². The number of carbonyl (C=O) groups is 2. The lowest BCUT2D eigenvalue weighted by atomic mass is 10.2. The summed E-state index contributed by atoms with van der Waals surface area (Å²) < 4.78 is 0. The van der Waals surface area contributed by atoms with Crippen LogP contribution in [-0.4, -0.2) is 22.0 Å². The highest BCUT2D eigenvalue weighted by atomic mass is 35.5. The molecule has 1 aromatic heterocycles. The highest BCUT2D eigenvalue weighted by Crippen LogP contribution is 2.16. The normalized spacial score (nSPS) is 9.95. The van der Waals surface area contributed by atoms with Gasteiger partial charge in [0, 0.05) is 22.5 Å². The molecule has 0 atom stereocenters. The number of hydrogen-bond donors (Lipinski definition) is 2. The summed E-state index contributed by atoms with van der Waals surface area (Å²) in [5.41, 5.74) is 0.567. The Hall–Kier alpha value is -2.40. The molecule has 0 saturated carbocycles. The summed E-state index contributed by atoms with van der Waals surface area (Å²) in [7, 11) is 0. The lowest BCUT2D eigenvalue weighted by Crippen LogP contribution is -2.13. The van der Waals surface area contributed by atoms with Crippen molar-refractivity contribution in [2.24, 2.45) is 0 Å². The van der Waals surface area contributed by atoms with Gasteiger partial charge in [0.05, 0.1) is 0 Å². The number of aromatic carboxylic acids is 1. The van der Waals surface area contributed by atoms with Gasteiger partial charge in [-0.1, -0.05) is 17.7 Å². The zero-order chi connectivity index (χ0) is 13.8. The van der Waals surface area contributed by atoms with Gasteiger partial charge in [-0.2, -0.15) is 0 Å². The molecule has 0 fully saturated rings. The number of carboxylic acid groups (broad SMARTS) is 1. The number of nitrogens with one attached hydrogen (secondary N) is 1. The SMILES string of the molecule is O=C(Nc1cccc(Cl)c1)c1ccnc(C(=O)O)c1. The second kappa shape index (κ2) is 5.49. The summed E-state index contributed by atoms with van der Waals surface area (Å²) in [6.07, 6.45) is 1.27. The van der Waals surface area contributed by atoms with Crippen LogP contribution >= 0.6 is 11.6 Å². The number of carboxylic acids is 1. The van der Waals surface area contributed by atoms with Crippen molar-refractivity contribution >= 4 is 29.2 Å². The molecule has 0 bridgehead atoms. The van der Waals surface area contributed by atoms with Gasteiger partial charge in [0.15, 0.2) is 0 Å². The van der Waals surface area contributed by atoms with Crippen molar-refractivity contribution in [3.8, 4) is 0 Å². The number of benzene rings is 1. The van der Waals surface area contributed by atoms with Crippen LogP contribution in [0.25, 0.3) is 0 Å². The van der Waals surface area contributed by atoms with Gasteiger partial charge in [0.1, 0.15) is 5.69 Å². The first-order valence-corrected chi connectivity index (χ1v) is 5.70. The van der Waals surface area contributed by atoms with Crippen LogP contribution in [0.1, 0.15) is 20.8 Å². The summed E-state index contributed by atoms with van der Waals surface area (Å²) >= 11 is 5.80. The first-order valence-electron chi connectivity index (χ1n) is 5.32. The molecule has 19 heavy (non-hydrogen) atoms. The number of halogens is 1. The second-order valence-electron chi connectivity index (χ2n) is 3.70. The molecule has 0 aliphatic heterocycles. The highest BCUT2D eigenvalue weighted by Gasteiger charge is 2.10. The molecular formula is C13H9ClN2O3. The molecule has 0 saturated heterocycles. The number of carbonyl (C=O) groups excluding carboxylic acids is 1. The van der Waals surface area contributed by atoms with E-state index >= 15 is 0 Å². The van der Waals surface area contributed by atoms with Crippen LogP contribution in [0.5, 0.6) is 0 Å². The van der Waals surface area contributed by atoms with Gasteiger partial charge in [-0.25, -0.2) is 9.78 Å². The Kier molecular flexibility index (Phi) is 3.77. The van der Waals surface area contributed by atoms with Crippen molar-refractivity contribution in [2.45, 2.75) is 0 Å². The number of anilines is 1. The molecule has 2 aromatic rings. The van der Waals surface area contributed by atoms with Crippen molar-refractivity contribution in [1.82, 2.24) is 4.98 Å². The Morgan fingerprint density at radius 3 is 2.68 bits per heavy atom. The Balaban J connectivity index is 2.20. The van der Waals surface area contributed by atoms with E-state index in [1.54, 1.807) is 24.3 Å². The van der Waals surface area contributed by atoms with Crippen LogP contribution in [0.2, 0.25) is 5.02 Å². The molecule has 0 radical (unpaired) electrons. The molecule has 0 spiro atoms. The Morgan fingerprint density at radius 1 is 1.21 bits per heavy atom. The topological polar surface area (TPSA) is 79.3 Å². The van der Waals surface area contributed by atoms with Gasteiger partial charge < -0.3 is 10.4 Å². The van der Waals surface area contributed by atoms with Crippen LogP contribution in [-0.2, 0) is 0 Å². The first-order chi connectivity index (χ1) is 9.06. The number of hydrogen-bond acceptors (Lipinski definition) is 3. The quantitative estimate of drug-likeness (QED) is 0.903. The summed E-state index contributed by atoms with van der Waals surface area (Å²) in [4.78, 5) is 26.3. The zero-order valence-electron chi connectivity index (χ0n) is 9.63. The van der Waals surface area contributed by atoms with Gasteiger partial charge in [-0.15, -0.1) is 0 Å². The van der Waals surface area contributed by atoms with Gasteiger partial charge >= 0.3 is 5.97 Å². The number of nitrogens with zero attached hydrogens (tertiary/aromatic N) is 1. The maximum Gasteiger partial charge on any atom is 0.354 e. The predicted molar refractivity (Wildman–Crippen MR) is 70.6 cm³/mol. The third kappa shape index (κ3) is 3.29. The molecule has 1 aromatic carbocycles. The number of rotatable bonds is 3. The minimum absolute atomic E-state index is 0.182. The summed E-state index contributed by atoms with van der Waals surface area (Å²) in [5, 5.41) is 11.9. The fraction of sp³-hybridized carbons (Fsp3) is 0. The monoisotopic (exact) mass is 276 g/mol. The maximum atomic E-state index is 11.9. The summed E-state index contributed by atoms with van der Waals surface area (Å²) in [6, 6.07) is 9.32. The van der Waals surface area contributed by atoms with E-state index in [9.17, 15) is 9.59 Å². The fourth-order valence-corrected chi connectivity index (χ4v) is 1.65. The van der Waals surface area contributed by atoms with E-state index in [2.05, 4.69) is 10.3 Å². The largest absolute Gasteiger partial charge is 0.477 e. The van der Waals surface area contributed by atoms with Crippen molar-refractivity contribution in [3.05, 3.63) is 58.9 Å². The van der Waals surface area contributed by atoms with Gasteiger partial charge in [-0.05, 0) is 30.3 Å². The zero-order valence-corrected chi connectivity index (χ0v) is 10.4. The molecule has 96 valence electrons. The van der Waals surface area contributed by atoms with E-state index in [1.165, 1.54) is 18.3 Å². The van der Waals surface area contributed by atoms with Crippen LogP contribution < -0.4 is 5.32 Å². The minimum Gasteiger partial charge on any atom is -0.477 e. The molecule has 2 N–H and O–H groups in total. The maximum absolute atomic E-state index is 11.9. The third-order valence-corrected chi connectivity index (χ3v) is 2.56. The average molecular weight is 277 g/mol. The fourth-order valence-electron chi connectivity index (χ4n) is 1.46. The van der Waals surface area contributed by atoms with Gasteiger partial charge in [-0.3, -0.25) is 4.79 Å². The molecule has 0 aliphatic carbocycles. The lowest BCUT2D eigenvalue weighted by molar-refractivity contribution is 0.0690. The lowest BCUT2D eigenvalue weighted by Gasteiger charge is -2.05. The van der Waals surface area contributed by atoms with E-state index < -0.39 is 11.9 Å². The van der Waals surface area contributed by atoms with E-state index in [0.29, 0.717) is 10.7 Å². The number of pyridine rings is 1. The standard InChI is InChI=1S/C13H9ClN2O3/c14-9-2-1-3-10(7-9)16-12(17)8-4-5-15-11(6-8)13(18)19/h1-7H,(H,16,17)(H,18,19). The molecule has 1 amide bonds. The van der Waals surface area contributed by atoms with Crippen molar-refractivity contribution in [1.29, 1.82) is 0 Å². The number of amides is 1. The summed E-state index contributed by atoms with van der Waals surface area (Å²) in [6.45, 7) is 0. The van der Waals surface area contributed by atoms with E-state index in [-0.39, 0.29) is 11.3 Å². The van der Waals surface area contributed by atoms with Crippen LogP contribution in [0.3, 0.4) is 0 Å². The predicted octanol–water partition coefficient (Wildman–Crippen LogP) is 2.69. The van der Waals surface area contributed by atoms with Gasteiger partial charge in [0.25, 0.3) is 5.91 Å².